The van der Waals surface area contributed by atoms with Gasteiger partial charge in [-0.3, -0.25) is 0 Å². The Morgan fingerprint density at radius 2 is 1.77 bits per heavy atom. The van der Waals surface area contributed by atoms with E-state index in [4.69, 9.17) is 29.3 Å². The predicted molar refractivity (Wildman–Crippen MR) is 157 cm³/mol. The maximum Gasteiger partial charge on any atom is 0.338 e. The minimum Gasteiger partial charge on any atom is -0.472 e. The lowest BCUT2D eigenvalue weighted by atomic mass is 10.0. The fourth-order valence-corrected chi connectivity index (χ4v) is 4.51. The fourth-order valence-electron chi connectivity index (χ4n) is 4.51. The van der Waals surface area contributed by atoms with Crippen molar-refractivity contribution in [3.8, 4) is 34.3 Å². The van der Waals surface area contributed by atoms with Gasteiger partial charge in [-0.25, -0.2) is 9.78 Å². The van der Waals surface area contributed by atoms with Gasteiger partial charge in [0.2, 0.25) is 5.88 Å². The predicted octanol–water partition coefficient (Wildman–Crippen LogP) is 3.13. The van der Waals surface area contributed by atoms with Crippen LogP contribution in [0.1, 0.15) is 21.5 Å². The molecule has 11 heteroatoms. The summed E-state index contributed by atoms with van der Waals surface area (Å²) in [4.78, 5) is 19.4. The first-order valence-electron chi connectivity index (χ1n) is 13.7. The maximum atomic E-state index is 12.4. The van der Waals surface area contributed by atoms with Crippen LogP contribution in [0, 0.1) is 11.3 Å². The van der Waals surface area contributed by atoms with Crippen LogP contribution < -0.4 is 15.4 Å². The first-order valence-corrected chi connectivity index (χ1v) is 13.7. The van der Waals surface area contributed by atoms with Gasteiger partial charge >= 0.3 is 5.97 Å². The van der Waals surface area contributed by atoms with Gasteiger partial charge in [-0.2, -0.15) is 5.26 Å². The lowest BCUT2D eigenvalue weighted by Crippen LogP contribution is -2.51. The van der Waals surface area contributed by atoms with Gasteiger partial charge < -0.3 is 39.5 Å². The van der Waals surface area contributed by atoms with Crippen molar-refractivity contribution in [1.82, 2.24) is 4.98 Å². The Labute approximate surface area is 248 Å². The third kappa shape index (κ3) is 7.02. The summed E-state index contributed by atoms with van der Waals surface area (Å²) >= 11 is 0. The number of anilines is 1. The zero-order valence-electron chi connectivity index (χ0n) is 23.4. The number of esters is 1. The molecule has 0 amide bonds. The summed E-state index contributed by atoms with van der Waals surface area (Å²) in [5.41, 5.74) is 9.57. The average Bonchev–Trinajstić information content (AvgIpc) is 3.61. The van der Waals surface area contributed by atoms with Crippen molar-refractivity contribution in [1.29, 1.82) is 5.26 Å². The molecule has 0 aliphatic carbocycles. The number of hydrogen-bond donors (Lipinski definition) is 3. The molecule has 0 bridgehead atoms. The maximum absolute atomic E-state index is 12.4. The van der Waals surface area contributed by atoms with Crippen LogP contribution in [0.2, 0.25) is 0 Å². The van der Waals surface area contributed by atoms with Crippen molar-refractivity contribution in [2.75, 3.05) is 51.0 Å². The van der Waals surface area contributed by atoms with Crippen molar-refractivity contribution in [2.45, 2.75) is 12.1 Å². The Hall–Kier alpha value is -4.73. The molecule has 0 spiro atoms. The number of carbonyl (C=O) groups excluding carboxylic acids is 1. The molecule has 1 aliphatic rings. The Balaban J connectivity index is 1.35. The first-order chi connectivity index (χ1) is 20.9. The van der Waals surface area contributed by atoms with Crippen LogP contribution in [-0.2, 0) is 16.1 Å². The molecule has 43 heavy (non-hydrogen) atoms. The van der Waals surface area contributed by atoms with Crippen LogP contribution >= 0.6 is 0 Å². The van der Waals surface area contributed by atoms with Gasteiger partial charge in [0.05, 0.1) is 55.8 Å². The van der Waals surface area contributed by atoms with Crippen LogP contribution in [0.3, 0.4) is 0 Å². The first kappa shape index (κ1) is 29.8. The molecule has 11 nitrogen and oxygen atoms in total. The van der Waals surface area contributed by atoms with E-state index in [2.05, 4.69) is 11.0 Å². The van der Waals surface area contributed by atoms with E-state index < -0.39 is 24.7 Å². The molecular weight excluding hydrogens is 552 g/mol. The number of pyridine rings is 1. The lowest BCUT2D eigenvalue weighted by molar-refractivity contribution is 0.0210. The highest BCUT2D eigenvalue weighted by Gasteiger charge is 2.26. The molecule has 3 heterocycles. The summed E-state index contributed by atoms with van der Waals surface area (Å²) < 4.78 is 22.0. The van der Waals surface area contributed by atoms with Crippen molar-refractivity contribution in [3.63, 3.8) is 0 Å². The molecule has 0 saturated carbocycles. The van der Waals surface area contributed by atoms with Crippen LogP contribution in [0.25, 0.3) is 22.4 Å². The second-order valence-electron chi connectivity index (χ2n) is 10.2. The van der Waals surface area contributed by atoms with Crippen molar-refractivity contribution < 1.29 is 33.6 Å². The van der Waals surface area contributed by atoms with Crippen molar-refractivity contribution >= 4 is 11.7 Å². The zero-order valence-corrected chi connectivity index (χ0v) is 23.4. The number of carbonyl (C=O) groups is 1. The monoisotopic (exact) mass is 584 g/mol. The molecule has 1 fully saturated rings. The van der Waals surface area contributed by atoms with E-state index in [9.17, 15) is 20.3 Å². The molecule has 0 unspecified atom stereocenters. The molecule has 4 N–H and O–H groups in total. The topological polar surface area (TPSA) is 164 Å². The molecule has 0 radical (unpaired) electrons. The number of morpholine rings is 1. The van der Waals surface area contributed by atoms with Crippen LogP contribution in [0.4, 0.5) is 5.69 Å². The number of aliphatic hydroxyl groups is 2. The minimum atomic E-state index is -1.41. The van der Waals surface area contributed by atoms with Gasteiger partial charge in [0, 0.05) is 35.5 Å². The number of furan rings is 1. The number of nitrogens with two attached hydrogens (primary N) is 1. The summed E-state index contributed by atoms with van der Waals surface area (Å²) in [6.45, 7) is 1.75. The smallest absolute Gasteiger partial charge is 0.338 e. The summed E-state index contributed by atoms with van der Waals surface area (Å²) in [6, 6.07) is 20.5. The fraction of sp³-hybridized carbons (Fsp3) is 0.281. The summed E-state index contributed by atoms with van der Waals surface area (Å²) in [7, 11) is 0. The summed E-state index contributed by atoms with van der Waals surface area (Å²) in [6.07, 6.45) is 3.11. The van der Waals surface area contributed by atoms with E-state index in [-0.39, 0.29) is 30.2 Å². The lowest BCUT2D eigenvalue weighted by Gasteiger charge is -2.28. The third-order valence-corrected chi connectivity index (χ3v) is 7.16. The van der Waals surface area contributed by atoms with Gasteiger partial charge in [0.15, 0.2) is 0 Å². The van der Waals surface area contributed by atoms with Crippen LogP contribution in [0.15, 0.2) is 77.6 Å². The van der Waals surface area contributed by atoms with Crippen molar-refractivity contribution in [2.24, 2.45) is 5.73 Å². The molecule has 2 aromatic carbocycles. The number of aromatic nitrogens is 1. The Morgan fingerprint density at radius 3 is 2.40 bits per heavy atom. The molecule has 2 aromatic heterocycles. The van der Waals surface area contributed by atoms with E-state index in [0.717, 1.165) is 35.5 Å². The van der Waals surface area contributed by atoms with E-state index in [0.29, 0.717) is 24.5 Å². The van der Waals surface area contributed by atoms with E-state index >= 15 is 0 Å². The summed E-state index contributed by atoms with van der Waals surface area (Å²) in [5, 5.41) is 28.6. The van der Waals surface area contributed by atoms with Crippen molar-refractivity contribution in [3.05, 3.63) is 89.9 Å². The van der Waals surface area contributed by atoms with E-state index in [1.807, 2.05) is 30.3 Å². The minimum absolute atomic E-state index is 0.0855. The Bertz CT molecular complexity index is 1560. The van der Waals surface area contributed by atoms with Crippen LogP contribution in [-0.4, -0.2) is 72.8 Å². The molecular formula is C32H32N4O7. The van der Waals surface area contributed by atoms with Gasteiger partial charge in [-0.1, -0.05) is 24.3 Å². The zero-order chi connectivity index (χ0) is 30.2. The molecule has 5 rings (SSSR count). The number of benzene rings is 2. The molecule has 1 aliphatic heterocycles. The Morgan fingerprint density at radius 1 is 1.05 bits per heavy atom. The average molecular weight is 585 g/mol. The van der Waals surface area contributed by atoms with E-state index in [1.54, 1.807) is 42.9 Å². The quantitative estimate of drug-likeness (QED) is 0.222. The number of hydrogen-bond acceptors (Lipinski definition) is 11. The van der Waals surface area contributed by atoms with Gasteiger partial charge in [-0.15, -0.1) is 0 Å². The summed E-state index contributed by atoms with van der Waals surface area (Å²) in [5.74, 6) is -0.473. The molecule has 0 atom stereocenters. The SMILES string of the molecule is N#Cc1c(-c2ccoc2)cc(-c2ccc(N3CCOCC3)cc2)nc1OCc1ccc(C(=O)OCC(N)(CO)CO)cc1. The highest BCUT2D eigenvalue weighted by atomic mass is 16.5. The normalized spacial score (nSPS) is 13.4. The van der Waals surface area contributed by atoms with E-state index in [1.165, 1.54) is 0 Å². The molecule has 4 aromatic rings. The number of ether oxygens (including phenoxy) is 3. The highest BCUT2D eigenvalue weighted by molar-refractivity contribution is 5.89. The largest absolute Gasteiger partial charge is 0.472 e. The second-order valence-corrected chi connectivity index (χ2v) is 10.2. The number of aliphatic hydroxyl groups excluding tert-OH is 2. The van der Waals surface area contributed by atoms with Crippen LogP contribution in [0.5, 0.6) is 5.88 Å². The number of nitriles is 1. The molecule has 1 saturated heterocycles. The van der Waals surface area contributed by atoms with Gasteiger partial charge in [-0.05, 0) is 42.0 Å². The molecule has 222 valence electrons. The number of nitrogens with zero attached hydrogens (tertiary/aromatic N) is 3. The highest BCUT2D eigenvalue weighted by Crippen LogP contribution is 2.34. The van der Waals surface area contributed by atoms with Gasteiger partial charge in [0.1, 0.15) is 24.8 Å². The third-order valence-electron chi connectivity index (χ3n) is 7.16. The standard InChI is InChI=1S/C32H32N4O7/c33-16-28-27(25-9-12-41-18-25)15-29(23-5-7-26(8-6-23)36-10-13-40-14-11-36)35-30(28)42-17-22-1-3-24(4-2-22)31(39)43-21-32(34,19-37)20-38/h1-9,12,15,18,37-38H,10-11,13-14,17,19-21,34H2. The van der Waals surface area contributed by atoms with Gasteiger partial charge in [0.25, 0.3) is 0 Å². The number of rotatable bonds is 11. The second kappa shape index (κ2) is 13.5. The Kier molecular flexibility index (Phi) is 9.34.